The fraction of sp³-hybridized carbons (Fsp3) is 0. The lowest BCUT2D eigenvalue weighted by Gasteiger charge is -2.12. The first-order valence-corrected chi connectivity index (χ1v) is 36.8. The highest BCUT2D eigenvalue weighted by Crippen LogP contribution is 2.39. The number of furan rings is 1. The van der Waals surface area contributed by atoms with Crippen molar-refractivity contribution in [1.29, 1.82) is 0 Å². The lowest BCUT2D eigenvalue weighted by molar-refractivity contribution is 0.484. The number of fused-ring (bicyclic) bond motifs is 3. The van der Waals surface area contributed by atoms with E-state index in [9.17, 15) is 17.6 Å². The molecular weight excluding hydrogens is 1530 g/mol. The highest BCUT2D eigenvalue weighted by Gasteiger charge is 2.21. The molecule has 0 amide bonds. The molecule has 0 aliphatic heterocycles. The Bertz CT molecular complexity index is 7100. The van der Waals surface area contributed by atoms with Gasteiger partial charge in [-0.2, -0.15) is 10.3 Å². The Kier molecular flexibility index (Phi) is 20.9. The number of nitrogens with zero attached hydrogens (tertiary/aromatic N) is 25. The van der Waals surface area contributed by atoms with E-state index < -0.39 is 23.3 Å². The van der Waals surface area contributed by atoms with Gasteiger partial charge in [-0.25, -0.2) is 22.2 Å². The van der Waals surface area contributed by atoms with Crippen molar-refractivity contribution in [2.24, 2.45) is 0 Å². The topological polar surface area (TPSA) is 321 Å². The minimum atomic E-state index is -0.433. The van der Waals surface area contributed by atoms with E-state index in [0.29, 0.717) is 114 Å². The fourth-order valence-corrected chi connectivity index (χ4v) is 12.9. The number of tetrazole rings is 5. The van der Waals surface area contributed by atoms with Gasteiger partial charge in [-0.3, -0.25) is 19.9 Å². The Morgan fingerprint density at radius 1 is 0.308 bits per heavy atom. The lowest BCUT2D eigenvalue weighted by atomic mass is 9.99. The molecule has 0 spiro atoms. The second-order valence-electron chi connectivity index (χ2n) is 26.2. The molecule has 0 aliphatic rings. The summed E-state index contributed by atoms with van der Waals surface area (Å²) in [6, 6.07) is 87.8. The zero-order chi connectivity index (χ0) is 81.1. The van der Waals surface area contributed by atoms with Gasteiger partial charge >= 0.3 is 0 Å². The van der Waals surface area contributed by atoms with Gasteiger partial charge in [0.15, 0.2) is 0 Å². The molecule has 21 rings (SSSR count). The van der Waals surface area contributed by atoms with Crippen LogP contribution in [0.2, 0.25) is 0 Å². The third-order valence-corrected chi connectivity index (χ3v) is 18.3. The number of halogens is 4. The van der Waals surface area contributed by atoms with Crippen molar-refractivity contribution < 1.29 is 26.7 Å². The maximum Gasteiger partial charge on any atom is 0.223 e. The molecule has 0 atom stereocenters. The summed E-state index contributed by atoms with van der Waals surface area (Å²) in [5.74, 6) is 1.54. The molecule has 32 heteroatoms. The van der Waals surface area contributed by atoms with Crippen LogP contribution in [-0.2, 0) is 0 Å². The van der Waals surface area contributed by atoms with E-state index in [1.807, 2.05) is 212 Å². The molecular formula is C88H56F4N26O2. The summed E-state index contributed by atoms with van der Waals surface area (Å²) in [7, 11) is 0. The van der Waals surface area contributed by atoms with Crippen LogP contribution in [0, 0.1) is 23.3 Å². The molecule has 11 heterocycles. The summed E-state index contributed by atoms with van der Waals surface area (Å²) in [6.45, 7) is 0. The molecule has 0 radical (unpaired) electrons. The third-order valence-electron chi connectivity index (χ3n) is 18.3. The molecule has 0 saturated heterocycles. The molecule has 0 bridgehead atoms. The van der Waals surface area contributed by atoms with Crippen LogP contribution in [0.25, 0.3) is 152 Å². The van der Waals surface area contributed by atoms with E-state index >= 15 is 0 Å². The van der Waals surface area contributed by atoms with Crippen molar-refractivity contribution in [2.45, 2.75) is 0 Å². The van der Waals surface area contributed by atoms with Gasteiger partial charge in [0.2, 0.25) is 29.1 Å². The van der Waals surface area contributed by atoms with Crippen molar-refractivity contribution >= 4 is 21.9 Å². The Morgan fingerprint density at radius 2 is 0.733 bits per heavy atom. The third kappa shape index (κ3) is 16.6. The van der Waals surface area contributed by atoms with Crippen LogP contribution in [0.3, 0.4) is 0 Å². The van der Waals surface area contributed by atoms with Crippen LogP contribution in [-0.4, -0.2) is 131 Å². The van der Waals surface area contributed by atoms with Gasteiger partial charge in [0, 0.05) is 88.9 Å². The predicted molar refractivity (Wildman–Crippen MR) is 435 cm³/mol. The Balaban J connectivity index is 0.000000110. The molecule has 28 nitrogen and oxygen atoms in total. The van der Waals surface area contributed by atoms with Crippen LogP contribution >= 0.6 is 0 Å². The Morgan fingerprint density at radius 3 is 1.23 bits per heavy atom. The molecule has 0 saturated carbocycles. The molecule has 0 fully saturated rings. The number of ether oxygens (including phenoxy) is 1. The van der Waals surface area contributed by atoms with E-state index in [-0.39, 0.29) is 0 Å². The zero-order valence-electron chi connectivity index (χ0n) is 62.3. The molecule has 0 aliphatic carbocycles. The predicted octanol–water partition coefficient (Wildman–Crippen LogP) is 17.2. The van der Waals surface area contributed by atoms with Crippen molar-refractivity contribution in [2.75, 3.05) is 0 Å². The first-order valence-electron chi connectivity index (χ1n) is 36.8. The number of hydrogen-bond acceptors (Lipinski definition) is 22. The Labute approximate surface area is 676 Å². The molecule has 1 N–H and O–H groups in total. The minimum absolute atomic E-state index is 0.351. The first kappa shape index (κ1) is 74.1. The number of pyridine rings is 4. The highest BCUT2D eigenvalue weighted by atomic mass is 19.1. The monoisotopic (exact) mass is 1580 g/mol. The number of rotatable bonds is 16. The molecule has 120 heavy (non-hydrogen) atoms. The van der Waals surface area contributed by atoms with E-state index in [1.165, 1.54) is 67.7 Å². The van der Waals surface area contributed by atoms with Crippen LogP contribution < -0.4 is 4.74 Å². The minimum Gasteiger partial charge on any atom is -0.457 e. The van der Waals surface area contributed by atoms with Gasteiger partial charge in [0.1, 0.15) is 68.7 Å². The second-order valence-corrected chi connectivity index (χ2v) is 26.2. The summed E-state index contributed by atoms with van der Waals surface area (Å²) in [5.41, 5.74) is 13.0. The molecule has 10 aromatic carbocycles. The van der Waals surface area contributed by atoms with Gasteiger partial charge in [0.25, 0.3) is 0 Å². The standard InChI is InChI=1S/C24H14FN5O.C24H16FN5O.C21H14FN7.C19H12FN9/c25-16-12-15(18-7-5-8-20-19-6-1-2-10-22(19)31-23(18)20)13-17(14-16)30-28-24(27-29-30)21-9-3-4-11-26-21;25-18-14-17(21-10-4-5-12-23(21)31-20-8-2-1-3-9-20)15-19(16-18)30-28-24(27-29-30)22-11-6-7-13-26-22;22-17-11-16(15-5-3-6-18(12-15)28-10-4-9-24-28)13-19(14-17)29-26-21(25-27-29)20-7-1-2-8-23-20;20-13-9-12(15-5-1-2-6-16(15)18-22-26-27-23-18)10-14(11-13)29-25-19(24-28-29)17-7-3-4-8-21-17/h1-14H;1-16H;1-14H;1-11H,(H,22,23,26,27). The second kappa shape index (κ2) is 33.8. The smallest absolute Gasteiger partial charge is 0.223 e. The van der Waals surface area contributed by atoms with E-state index in [2.05, 4.69) is 107 Å². The summed E-state index contributed by atoms with van der Waals surface area (Å²) >= 11 is 0. The van der Waals surface area contributed by atoms with Crippen molar-refractivity contribution in [3.63, 3.8) is 0 Å². The maximum atomic E-state index is 14.6. The average molecular weight is 1590 g/mol. The van der Waals surface area contributed by atoms with Crippen molar-refractivity contribution in [1.82, 2.24) is 131 Å². The Hall–Kier alpha value is -17.3. The van der Waals surface area contributed by atoms with Crippen molar-refractivity contribution in [3.05, 3.63) is 358 Å². The zero-order valence-corrected chi connectivity index (χ0v) is 62.3. The van der Waals surface area contributed by atoms with Crippen LogP contribution in [0.1, 0.15) is 0 Å². The number of hydrogen-bond donors (Lipinski definition) is 1. The van der Waals surface area contributed by atoms with E-state index in [0.717, 1.165) is 49.9 Å². The average Bonchev–Trinajstić information content (AvgIpc) is 1.61. The van der Waals surface area contributed by atoms with Gasteiger partial charge in [0.05, 0.1) is 28.4 Å². The fourth-order valence-electron chi connectivity index (χ4n) is 12.9. The first-order chi connectivity index (χ1) is 59.1. The number of para-hydroxylation sites is 4. The van der Waals surface area contributed by atoms with Crippen molar-refractivity contribution in [3.8, 4) is 142 Å². The number of benzene rings is 10. The van der Waals surface area contributed by atoms with Crippen LogP contribution in [0.5, 0.6) is 11.5 Å². The van der Waals surface area contributed by atoms with Gasteiger partial charge < -0.3 is 9.15 Å². The summed E-state index contributed by atoms with van der Waals surface area (Å²) in [5, 5.41) is 70.1. The van der Waals surface area contributed by atoms with E-state index in [4.69, 9.17) is 9.15 Å². The molecule has 11 aromatic heterocycles. The number of aromatic nitrogens is 26. The summed E-state index contributed by atoms with van der Waals surface area (Å²) in [4.78, 5) is 22.0. The van der Waals surface area contributed by atoms with Gasteiger partial charge in [-0.15, -0.1) is 70.2 Å². The van der Waals surface area contributed by atoms with E-state index in [1.54, 1.807) is 78.1 Å². The van der Waals surface area contributed by atoms with Crippen LogP contribution in [0.15, 0.2) is 339 Å². The SMILES string of the molecule is Fc1cc(-c2cccc(-n3cccn3)c2)cc(-n2nnc(-c3ccccn3)n2)c1.Fc1cc(-c2cccc3c2oc2ccccc23)cc(-n2nnc(-c3ccccn3)n2)c1.Fc1cc(-c2ccccc2-c2nn[nH]n2)cc(-n2nnc(-c3ccccn3)n2)c1.Fc1cc(-c2ccccc2Oc2ccccc2)cc(-n2nnc(-c3ccccn3)n2)c1. The summed E-state index contributed by atoms with van der Waals surface area (Å²) < 4.78 is 71.9. The lowest BCUT2D eigenvalue weighted by Crippen LogP contribution is -2.01. The molecule has 578 valence electrons. The molecule has 0 unspecified atom stereocenters. The van der Waals surface area contributed by atoms with Gasteiger partial charge in [-0.1, -0.05) is 133 Å². The quantitative estimate of drug-likeness (QED) is 0.0878. The number of nitrogens with one attached hydrogen (secondary N) is 1. The van der Waals surface area contributed by atoms with Gasteiger partial charge in [-0.05, 0) is 199 Å². The largest absolute Gasteiger partial charge is 0.457 e. The number of aromatic amines is 1. The maximum absolute atomic E-state index is 14.6. The normalized spacial score (nSPS) is 11.0. The number of H-pyrrole nitrogens is 1. The highest BCUT2D eigenvalue weighted by molar-refractivity contribution is 6.09. The molecule has 21 aromatic rings. The van der Waals surface area contributed by atoms with Crippen LogP contribution in [0.4, 0.5) is 17.6 Å². The summed E-state index contributed by atoms with van der Waals surface area (Å²) in [6.07, 6.45) is 10.2.